The molecule has 134 valence electrons. The zero-order chi connectivity index (χ0) is 19.0. The van der Waals surface area contributed by atoms with Crippen LogP contribution in [0.5, 0.6) is 0 Å². The van der Waals surface area contributed by atoms with E-state index < -0.39 is 17.9 Å². The lowest BCUT2D eigenvalue weighted by Crippen LogP contribution is -2.41. The molecule has 0 bridgehead atoms. The SMILES string of the molecule is Cc1ccc(-c2ccc(/C=C3\SC(=S)N(C(C)C(=O)O)C3=O)o2)cc1Cl. The fourth-order valence-corrected chi connectivity index (χ4v) is 3.96. The summed E-state index contributed by atoms with van der Waals surface area (Å²) in [6.07, 6.45) is 1.56. The monoisotopic (exact) mass is 407 g/mol. The molecule has 1 aliphatic heterocycles. The van der Waals surface area contributed by atoms with Gasteiger partial charge >= 0.3 is 5.97 Å². The molecule has 1 unspecified atom stereocenters. The minimum absolute atomic E-state index is 0.216. The fraction of sp³-hybridized carbons (Fsp3) is 0.167. The van der Waals surface area contributed by atoms with Crippen molar-refractivity contribution in [2.45, 2.75) is 19.9 Å². The predicted molar refractivity (Wildman–Crippen MR) is 106 cm³/mol. The second-order valence-electron chi connectivity index (χ2n) is 5.73. The van der Waals surface area contributed by atoms with Gasteiger partial charge in [-0.2, -0.15) is 0 Å². The van der Waals surface area contributed by atoms with Crippen LogP contribution in [0.25, 0.3) is 17.4 Å². The number of amides is 1. The van der Waals surface area contributed by atoms with E-state index in [0.29, 0.717) is 21.4 Å². The molecular weight excluding hydrogens is 394 g/mol. The normalized spacial score (nSPS) is 17.2. The van der Waals surface area contributed by atoms with E-state index in [1.807, 2.05) is 25.1 Å². The van der Waals surface area contributed by atoms with Gasteiger partial charge in [-0.15, -0.1) is 0 Å². The Morgan fingerprint density at radius 3 is 2.77 bits per heavy atom. The number of aliphatic carboxylic acids is 1. The van der Waals surface area contributed by atoms with E-state index in [1.54, 1.807) is 18.2 Å². The Kier molecular flexibility index (Phi) is 5.22. The highest BCUT2D eigenvalue weighted by atomic mass is 35.5. The Morgan fingerprint density at radius 1 is 1.38 bits per heavy atom. The van der Waals surface area contributed by atoms with Crippen LogP contribution < -0.4 is 0 Å². The molecule has 8 heteroatoms. The van der Waals surface area contributed by atoms with Crippen LogP contribution in [0, 0.1) is 6.92 Å². The molecule has 0 radical (unpaired) electrons. The summed E-state index contributed by atoms with van der Waals surface area (Å²) in [7, 11) is 0. The average molecular weight is 408 g/mol. The lowest BCUT2D eigenvalue weighted by Gasteiger charge is -2.18. The molecule has 1 aromatic carbocycles. The number of aryl methyl sites for hydroxylation is 1. The third-order valence-corrected chi connectivity index (χ3v) is 5.66. The third-order valence-electron chi connectivity index (χ3n) is 3.92. The first-order valence-electron chi connectivity index (χ1n) is 7.64. The number of rotatable bonds is 4. The van der Waals surface area contributed by atoms with Gasteiger partial charge in [-0.1, -0.05) is 47.7 Å². The summed E-state index contributed by atoms with van der Waals surface area (Å²) in [4.78, 5) is 25.0. The molecule has 0 saturated carbocycles. The van der Waals surface area contributed by atoms with E-state index in [0.717, 1.165) is 27.8 Å². The van der Waals surface area contributed by atoms with Crippen LogP contribution in [0.4, 0.5) is 0 Å². The van der Waals surface area contributed by atoms with Crippen LogP contribution in [0.2, 0.25) is 5.02 Å². The van der Waals surface area contributed by atoms with Crippen molar-refractivity contribution in [3.8, 4) is 11.3 Å². The lowest BCUT2D eigenvalue weighted by atomic mass is 10.1. The highest BCUT2D eigenvalue weighted by Crippen LogP contribution is 2.35. The van der Waals surface area contributed by atoms with Crippen LogP contribution in [-0.4, -0.2) is 32.2 Å². The highest BCUT2D eigenvalue weighted by Gasteiger charge is 2.38. The molecule has 1 aromatic heterocycles. The summed E-state index contributed by atoms with van der Waals surface area (Å²) in [5.74, 6) is -0.460. The summed E-state index contributed by atoms with van der Waals surface area (Å²) in [6, 6.07) is 8.11. The van der Waals surface area contributed by atoms with E-state index in [-0.39, 0.29) is 4.32 Å². The summed E-state index contributed by atoms with van der Waals surface area (Å²) < 4.78 is 5.99. The number of thioether (sulfide) groups is 1. The Morgan fingerprint density at radius 2 is 2.12 bits per heavy atom. The van der Waals surface area contributed by atoms with Gasteiger partial charge in [0.25, 0.3) is 5.91 Å². The molecule has 1 N–H and O–H groups in total. The Balaban J connectivity index is 1.86. The molecule has 5 nitrogen and oxygen atoms in total. The molecule has 1 saturated heterocycles. The number of hydrogen-bond donors (Lipinski definition) is 1. The quantitative estimate of drug-likeness (QED) is 0.590. The Labute approximate surface area is 164 Å². The Bertz CT molecular complexity index is 950. The molecule has 1 fully saturated rings. The van der Waals surface area contributed by atoms with Gasteiger partial charge in [0.1, 0.15) is 21.9 Å². The maximum absolute atomic E-state index is 12.5. The molecule has 0 aliphatic carbocycles. The second kappa shape index (κ2) is 7.26. The van der Waals surface area contributed by atoms with Gasteiger partial charge < -0.3 is 9.52 Å². The van der Waals surface area contributed by atoms with Crippen molar-refractivity contribution in [3.63, 3.8) is 0 Å². The molecule has 1 atom stereocenters. The maximum Gasteiger partial charge on any atom is 0.326 e. The zero-order valence-corrected chi connectivity index (χ0v) is 16.2. The van der Waals surface area contributed by atoms with Gasteiger partial charge in [0, 0.05) is 16.7 Å². The molecule has 2 heterocycles. The minimum atomic E-state index is -1.11. The van der Waals surface area contributed by atoms with Crippen molar-refractivity contribution in [1.29, 1.82) is 0 Å². The van der Waals surface area contributed by atoms with Crippen molar-refractivity contribution < 1.29 is 19.1 Å². The predicted octanol–water partition coefficient (Wildman–Crippen LogP) is 4.58. The van der Waals surface area contributed by atoms with Crippen molar-refractivity contribution in [3.05, 3.63) is 51.6 Å². The van der Waals surface area contributed by atoms with Gasteiger partial charge in [-0.3, -0.25) is 9.69 Å². The number of carbonyl (C=O) groups is 2. The van der Waals surface area contributed by atoms with E-state index in [2.05, 4.69) is 0 Å². The smallest absolute Gasteiger partial charge is 0.326 e. The number of carboxylic acids is 1. The number of carbonyl (C=O) groups excluding carboxylic acids is 1. The Hall–Kier alpha value is -2.09. The summed E-state index contributed by atoms with van der Waals surface area (Å²) in [5, 5.41) is 9.76. The van der Waals surface area contributed by atoms with Crippen molar-refractivity contribution in [2.24, 2.45) is 0 Å². The fourth-order valence-electron chi connectivity index (χ4n) is 2.39. The topological polar surface area (TPSA) is 70.8 Å². The van der Waals surface area contributed by atoms with E-state index >= 15 is 0 Å². The van der Waals surface area contributed by atoms with Crippen LogP contribution >= 0.6 is 35.6 Å². The number of hydrogen-bond acceptors (Lipinski definition) is 5. The number of nitrogens with zero attached hydrogens (tertiary/aromatic N) is 1. The maximum atomic E-state index is 12.5. The van der Waals surface area contributed by atoms with E-state index in [9.17, 15) is 9.59 Å². The first-order valence-corrected chi connectivity index (χ1v) is 9.24. The number of benzene rings is 1. The van der Waals surface area contributed by atoms with Crippen LogP contribution in [0.3, 0.4) is 0 Å². The lowest BCUT2D eigenvalue weighted by molar-refractivity contribution is -0.144. The number of carboxylic acid groups (broad SMARTS) is 1. The second-order valence-corrected chi connectivity index (χ2v) is 7.81. The molecular formula is C18H14ClNO4S2. The van der Waals surface area contributed by atoms with E-state index in [4.69, 9.17) is 33.3 Å². The summed E-state index contributed by atoms with van der Waals surface area (Å²) in [6.45, 7) is 3.34. The number of halogens is 1. The standard InChI is InChI=1S/C18H14ClNO4S2/c1-9-3-4-11(7-13(9)19)14-6-5-12(24-14)8-15-16(21)20(18(25)26-15)10(2)17(22)23/h3-8,10H,1-2H3,(H,22,23)/b15-8-. The molecule has 3 rings (SSSR count). The van der Waals surface area contributed by atoms with Crippen molar-refractivity contribution >= 4 is 57.9 Å². The van der Waals surface area contributed by atoms with Gasteiger partial charge in [0.15, 0.2) is 0 Å². The average Bonchev–Trinajstić information content (AvgIpc) is 3.15. The van der Waals surface area contributed by atoms with Crippen molar-refractivity contribution in [2.75, 3.05) is 0 Å². The molecule has 1 aliphatic rings. The van der Waals surface area contributed by atoms with Crippen molar-refractivity contribution in [1.82, 2.24) is 4.90 Å². The van der Waals surface area contributed by atoms with Gasteiger partial charge in [-0.05, 0) is 37.6 Å². The third kappa shape index (κ3) is 3.56. The van der Waals surface area contributed by atoms with Crippen LogP contribution in [0.1, 0.15) is 18.2 Å². The van der Waals surface area contributed by atoms with Gasteiger partial charge in [0.05, 0.1) is 4.91 Å². The zero-order valence-electron chi connectivity index (χ0n) is 13.9. The van der Waals surface area contributed by atoms with Gasteiger partial charge in [0.2, 0.25) is 0 Å². The van der Waals surface area contributed by atoms with Crippen LogP contribution in [0.15, 0.2) is 39.7 Å². The van der Waals surface area contributed by atoms with Crippen LogP contribution in [-0.2, 0) is 9.59 Å². The first-order chi connectivity index (χ1) is 12.3. The first kappa shape index (κ1) is 18.7. The summed E-state index contributed by atoms with van der Waals surface area (Å²) in [5.41, 5.74) is 1.80. The van der Waals surface area contributed by atoms with Gasteiger partial charge in [-0.25, -0.2) is 4.79 Å². The van der Waals surface area contributed by atoms with E-state index in [1.165, 1.54) is 6.92 Å². The minimum Gasteiger partial charge on any atom is -0.480 e. The highest BCUT2D eigenvalue weighted by molar-refractivity contribution is 8.26. The molecule has 1 amide bonds. The summed E-state index contributed by atoms with van der Waals surface area (Å²) >= 11 is 12.3. The number of thiocarbonyl (C=S) groups is 1. The number of furan rings is 1. The molecule has 2 aromatic rings. The molecule has 26 heavy (non-hydrogen) atoms. The largest absolute Gasteiger partial charge is 0.480 e. The molecule has 0 spiro atoms.